The van der Waals surface area contributed by atoms with Crippen LogP contribution in [0.25, 0.3) is 0 Å². The van der Waals surface area contributed by atoms with Crippen molar-refractivity contribution in [3.05, 3.63) is 21.9 Å². The third-order valence-electron chi connectivity index (χ3n) is 3.52. The maximum Gasteiger partial charge on any atom is 0.234 e. The number of hydrogen-bond acceptors (Lipinski definition) is 3. The number of amides is 1. The molecule has 1 aliphatic rings. The molecule has 1 N–H and O–H groups in total. The zero-order chi connectivity index (χ0) is 13.0. The number of likely N-dealkylation sites (tertiary alicyclic amines) is 1. The van der Waals surface area contributed by atoms with E-state index < -0.39 is 0 Å². The molecule has 0 saturated carbocycles. The molecule has 1 saturated heterocycles. The van der Waals surface area contributed by atoms with Crippen molar-refractivity contribution in [2.24, 2.45) is 5.92 Å². The molecule has 0 spiro atoms. The average Bonchev–Trinajstić information content (AvgIpc) is 2.72. The predicted octanol–water partition coefficient (Wildman–Crippen LogP) is 2.40. The van der Waals surface area contributed by atoms with Gasteiger partial charge in [-0.05, 0) is 49.2 Å². The van der Waals surface area contributed by atoms with Crippen LogP contribution in [-0.4, -0.2) is 30.4 Å². The third-order valence-corrected chi connectivity index (χ3v) is 4.55. The number of nitrogens with zero attached hydrogens (tertiary/aromatic N) is 1. The normalized spacial score (nSPS) is 20.9. The Morgan fingerprint density at radius 1 is 1.61 bits per heavy atom. The van der Waals surface area contributed by atoms with Gasteiger partial charge in [0.05, 0.1) is 13.1 Å². The fourth-order valence-corrected chi connectivity index (χ4v) is 3.30. The van der Waals surface area contributed by atoms with Crippen LogP contribution < -0.4 is 5.32 Å². The highest BCUT2D eigenvalue weighted by molar-refractivity contribution is 7.10. The topological polar surface area (TPSA) is 32.3 Å². The molecule has 0 bridgehead atoms. The highest BCUT2D eigenvalue weighted by atomic mass is 32.1. The van der Waals surface area contributed by atoms with Gasteiger partial charge in [0, 0.05) is 11.4 Å². The first-order chi connectivity index (χ1) is 8.65. The van der Waals surface area contributed by atoms with Gasteiger partial charge in [0.15, 0.2) is 0 Å². The fraction of sp³-hybridized carbons (Fsp3) is 0.643. The fourth-order valence-electron chi connectivity index (χ4n) is 2.45. The molecule has 1 fully saturated rings. The first-order valence-electron chi connectivity index (χ1n) is 6.67. The van der Waals surface area contributed by atoms with E-state index in [1.54, 1.807) is 11.3 Å². The summed E-state index contributed by atoms with van der Waals surface area (Å²) in [5.74, 6) is 0.878. The van der Waals surface area contributed by atoms with E-state index in [0.717, 1.165) is 19.0 Å². The lowest BCUT2D eigenvalue weighted by Gasteiger charge is -2.30. The van der Waals surface area contributed by atoms with Crippen molar-refractivity contribution in [3.63, 3.8) is 0 Å². The van der Waals surface area contributed by atoms with E-state index in [2.05, 4.69) is 35.5 Å². The zero-order valence-electron chi connectivity index (χ0n) is 11.2. The van der Waals surface area contributed by atoms with Gasteiger partial charge in [-0.1, -0.05) is 6.92 Å². The van der Waals surface area contributed by atoms with E-state index in [1.165, 1.54) is 23.3 Å². The highest BCUT2D eigenvalue weighted by Crippen LogP contribution is 2.16. The lowest BCUT2D eigenvalue weighted by atomic mass is 10.0. The molecule has 0 radical (unpaired) electrons. The second-order valence-corrected chi connectivity index (χ2v) is 6.29. The average molecular weight is 266 g/mol. The van der Waals surface area contributed by atoms with Crippen LogP contribution in [0.5, 0.6) is 0 Å². The molecule has 1 amide bonds. The Morgan fingerprint density at radius 3 is 3.11 bits per heavy atom. The molecule has 1 unspecified atom stereocenters. The number of hydrogen-bond donors (Lipinski definition) is 1. The number of thiophene rings is 1. The van der Waals surface area contributed by atoms with Gasteiger partial charge in [0.25, 0.3) is 0 Å². The number of aryl methyl sites for hydroxylation is 1. The van der Waals surface area contributed by atoms with Gasteiger partial charge in [-0.25, -0.2) is 0 Å². The van der Waals surface area contributed by atoms with E-state index in [1.807, 2.05) is 0 Å². The standard InChI is InChI=1S/C14H22N2OS/c1-11-4-3-6-16(9-11)10-14(17)15-8-13-12(2)5-7-18-13/h5,7,11H,3-4,6,8-10H2,1-2H3,(H,15,17). The molecule has 1 atom stereocenters. The summed E-state index contributed by atoms with van der Waals surface area (Å²) in [6.07, 6.45) is 2.52. The lowest BCUT2D eigenvalue weighted by Crippen LogP contribution is -2.41. The Bertz CT molecular complexity index is 402. The summed E-state index contributed by atoms with van der Waals surface area (Å²) in [6.45, 7) is 7.70. The second-order valence-electron chi connectivity index (χ2n) is 5.29. The number of carbonyl (C=O) groups excluding carboxylic acids is 1. The molecule has 3 nitrogen and oxygen atoms in total. The van der Waals surface area contributed by atoms with Crippen molar-refractivity contribution in [2.75, 3.05) is 19.6 Å². The monoisotopic (exact) mass is 266 g/mol. The minimum Gasteiger partial charge on any atom is -0.350 e. The van der Waals surface area contributed by atoms with Crippen LogP contribution in [0, 0.1) is 12.8 Å². The van der Waals surface area contributed by atoms with Gasteiger partial charge < -0.3 is 5.32 Å². The van der Waals surface area contributed by atoms with Crippen LogP contribution >= 0.6 is 11.3 Å². The number of nitrogens with one attached hydrogen (secondary N) is 1. The Kier molecular flexibility index (Phi) is 4.78. The summed E-state index contributed by atoms with van der Waals surface area (Å²) in [5.41, 5.74) is 1.27. The molecule has 1 aromatic rings. The van der Waals surface area contributed by atoms with Crippen LogP contribution in [0.15, 0.2) is 11.4 Å². The van der Waals surface area contributed by atoms with Crippen molar-refractivity contribution in [3.8, 4) is 0 Å². The summed E-state index contributed by atoms with van der Waals surface area (Å²) < 4.78 is 0. The quantitative estimate of drug-likeness (QED) is 0.907. The molecule has 2 heterocycles. The van der Waals surface area contributed by atoms with Gasteiger partial charge in [-0.15, -0.1) is 11.3 Å². The molecular weight excluding hydrogens is 244 g/mol. The van der Waals surface area contributed by atoms with Crippen molar-refractivity contribution in [1.82, 2.24) is 10.2 Å². The van der Waals surface area contributed by atoms with Gasteiger partial charge in [-0.2, -0.15) is 0 Å². The summed E-state index contributed by atoms with van der Waals surface area (Å²) >= 11 is 1.71. The van der Waals surface area contributed by atoms with E-state index in [-0.39, 0.29) is 5.91 Å². The molecule has 18 heavy (non-hydrogen) atoms. The maximum atomic E-state index is 11.9. The van der Waals surface area contributed by atoms with Crippen LogP contribution in [0.4, 0.5) is 0 Å². The summed E-state index contributed by atoms with van der Waals surface area (Å²) in [6, 6.07) is 2.10. The number of rotatable bonds is 4. The number of carbonyl (C=O) groups is 1. The Morgan fingerprint density at radius 2 is 2.44 bits per heavy atom. The first-order valence-corrected chi connectivity index (χ1v) is 7.55. The van der Waals surface area contributed by atoms with Crippen LogP contribution in [0.2, 0.25) is 0 Å². The molecular formula is C14H22N2OS. The zero-order valence-corrected chi connectivity index (χ0v) is 12.1. The smallest absolute Gasteiger partial charge is 0.234 e. The molecule has 0 aromatic carbocycles. The van der Waals surface area contributed by atoms with Gasteiger partial charge >= 0.3 is 0 Å². The minimum atomic E-state index is 0.150. The Labute approximate surface area is 113 Å². The Hall–Kier alpha value is -0.870. The molecule has 1 aromatic heterocycles. The molecule has 2 rings (SSSR count). The van der Waals surface area contributed by atoms with E-state index in [9.17, 15) is 4.79 Å². The minimum absolute atomic E-state index is 0.150. The van der Waals surface area contributed by atoms with E-state index >= 15 is 0 Å². The van der Waals surface area contributed by atoms with E-state index in [4.69, 9.17) is 0 Å². The maximum absolute atomic E-state index is 11.9. The van der Waals surface area contributed by atoms with Crippen LogP contribution in [0.1, 0.15) is 30.2 Å². The lowest BCUT2D eigenvalue weighted by molar-refractivity contribution is -0.122. The first kappa shape index (κ1) is 13.6. The SMILES string of the molecule is Cc1ccsc1CNC(=O)CN1CCCC(C)C1. The van der Waals surface area contributed by atoms with Crippen molar-refractivity contribution in [2.45, 2.75) is 33.2 Å². The molecule has 100 valence electrons. The van der Waals surface area contributed by atoms with Crippen LogP contribution in [0.3, 0.4) is 0 Å². The van der Waals surface area contributed by atoms with Gasteiger partial charge in [0.1, 0.15) is 0 Å². The largest absolute Gasteiger partial charge is 0.350 e. The molecule has 4 heteroatoms. The Balaban J connectivity index is 1.73. The van der Waals surface area contributed by atoms with Gasteiger partial charge in [0.2, 0.25) is 5.91 Å². The van der Waals surface area contributed by atoms with Crippen LogP contribution in [-0.2, 0) is 11.3 Å². The second kappa shape index (κ2) is 6.34. The molecule has 0 aliphatic carbocycles. The summed E-state index contributed by atoms with van der Waals surface area (Å²) in [7, 11) is 0. The van der Waals surface area contributed by atoms with Crippen molar-refractivity contribution >= 4 is 17.2 Å². The van der Waals surface area contributed by atoms with Crippen molar-refractivity contribution < 1.29 is 4.79 Å². The summed E-state index contributed by atoms with van der Waals surface area (Å²) in [4.78, 5) is 15.4. The molecule has 1 aliphatic heterocycles. The van der Waals surface area contributed by atoms with E-state index in [0.29, 0.717) is 13.1 Å². The van der Waals surface area contributed by atoms with Gasteiger partial charge in [-0.3, -0.25) is 9.69 Å². The third kappa shape index (κ3) is 3.82. The number of piperidine rings is 1. The highest BCUT2D eigenvalue weighted by Gasteiger charge is 2.18. The summed E-state index contributed by atoms with van der Waals surface area (Å²) in [5, 5.41) is 5.09. The predicted molar refractivity (Wildman–Crippen MR) is 75.7 cm³/mol. The van der Waals surface area contributed by atoms with Crippen molar-refractivity contribution in [1.29, 1.82) is 0 Å².